The molecule has 2 aliphatic rings. The summed E-state index contributed by atoms with van der Waals surface area (Å²) in [6.07, 6.45) is 1.20. The second kappa shape index (κ2) is 8.25. The number of hydrogen-bond donors (Lipinski definition) is 0. The van der Waals surface area contributed by atoms with Crippen molar-refractivity contribution in [3.05, 3.63) is 29.8 Å². The molecular formula is C23H33NO5. The summed E-state index contributed by atoms with van der Waals surface area (Å²) in [5, 5.41) is 0. The fraction of sp³-hybridized carbons (Fsp3) is 0.652. The highest BCUT2D eigenvalue weighted by Gasteiger charge is 2.51. The van der Waals surface area contributed by atoms with E-state index in [9.17, 15) is 9.59 Å². The molecule has 0 aromatic heterocycles. The number of hydrogen-bond acceptors (Lipinski definition) is 5. The summed E-state index contributed by atoms with van der Waals surface area (Å²) >= 11 is 0. The molecule has 1 aromatic carbocycles. The molecule has 0 unspecified atom stereocenters. The molecule has 6 heteroatoms. The smallest absolute Gasteiger partial charge is 0.411 e. The van der Waals surface area contributed by atoms with Crippen LogP contribution in [0.15, 0.2) is 24.3 Å². The first-order valence-corrected chi connectivity index (χ1v) is 10.5. The van der Waals surface area contributed by atoms with Gasteiger partial charge >= 0.3 is 12.1 Å². The number of ether oxygens (including phenoxy) is 3. The molecule has 0 spiro atoms. The lowest BCUT2D eigenvalue weighted by atomic mass is 9.84. The first-order valence-electron chi connectivity index (χ1n) is 10.5. The van der Waals surface area contributed by atoms with Gasteiger partial charge in [0.05, 0.1) is 19.2 Å². The van der Waals surface area contributed by atoms with E-state index in [-0.39, 0.29) is 36.2 Å². The minimum atomic E-state index is -0.603. The highest BCUT2D eigenvalue weighted by molar-refractivity contribution is 5.73. The molecule has 160 valence electrons. The molecule has 1 amide bonds. The van der Waals surface area contributed by atoms with Crippen LogP contribution in [0.5, 0.6) is 5.75 Å². The summed E-state index contributed by atoms with van der Waals surface area (Å²) in [5.41, 5.74) is 0.441. The molecule has 29 heavy (non-hydrogen) atoms. The predicted octanol–water partition coefficient (Wildman–Crippen LogP) is 4.72. The zero-order valence-corrected chi connectivity index (χ0v) is 18.3. The Morgan fingerprint density at radius 1 is 1.21 bits per heavy atom. The Morgan fingerprint density at radius 2 is 1.86 bits per heavy atom. The van der Waals surface area contributed by atoms with Crippen molar-refractivity contribution in [3.63, 3.8) is 0 Å². The Hall–Kier alpha value is -2.24. The van der Waals surface area contributed by atoms with Crippen LogP contribution in [0.4, 0.5) is 4.79 Å². The molecule has 2 heterocycles. The number of carbonyl (C=O) groups excluding carboxylic acids is 2. The van der Waals surface area contributed by atoms with E-state index in [0.29, 0.717) is 18.8 Å². The molecule has 4 atom stereocenters. The summed E-state index contributed by atoms with van der Waals surface area (Å²) in [7, 11) is 1.64. The van der Waals surface area contributed by atoms with Crippen LogP contribution < -0.4 is 4.74 Å². The third kappa shape index (κ3) is 4.68. The predicted molar refractivity (Wildman–Crippen MR) is 110 cm³/mol. The number of rotatable bonds is 4. The van der Waals surface area contributed by atoms with Crippen molar-refractivity contribution in [2.75, 3.05) is 7.11 Å². The van der Waals surface area contributed by atoms with E-state index in [1.165, 1.54) is 0 Å². The Morgan fingerprint density at radius 3 is 2.34 bits per heavy atom. The van der Waals surface area contributed by atoms with Crippen molar-refractivity contribution in [3.8, 4) is 5.75 Å². The number of methoxy groups -OCH3 is 1. The molecule has 6 nitrogen and oxygen atoms in total. The third-order valence-corrected chi connectivity index (χ3v) is 5.84. The van der Waals surface area contributed by atoms with Crippen LogP contribution >= 0.6 is 0 Å². The fourth-order valence-corrected chi connectivity index (χ4v) is 4.49. The van der Waals surface area contributed by atoms with E-state index in [1.807, 2.05) is 49.9 Å². The molecule has 0 radical (unpaired) electrons. The van der Waals surface area contributed by atoms with E-state index >= 15 is 0 Å². The normalized spacial score (nSPS) is 27.3. The first-order chi connectivity index (χ1) is 13.6. The van der Waals surface area contributed by atoms with Crippen LogP contribution in [-0.4, -0.2) is 41.8 Å². The van der Waals surface area contributed by atoms with E-state index in [1.54, 1.807) is 7.11 Å². The van der Waals surface area contributed by atoms with Crippen LogP contribution in [0, 0.1) is 11.8 Å². The van der Waals surface area contributed by atoms with Gasteiger partial charge < -0.3 is 14.2 Å². The summed E-state index contributed by atoms with van der Waals surface area (Å²) < 4.78 is 16.7. The van der Waals surface area contributed by atoms with Crippen LogP contribution in [0.3, 0.4) is 0 Å². The number of esters is 1. The Bertz CT molecular complexity index is 737. The van der Waals surface area contributed by atoms with Gasteiger partial charge in [-0.2, -0.15) is 0 Å². The van der Waals surface area contributed by atoms with Gasteiger partial charge in [0.15, 0.2) is 0 Å². The Kier molecular flexibility index (Phi) is 6.11. The van der Waals surface area contributed by atoms with Gasteiger partial charge in [-0.1, -0.05) is 26.0 Å². The second-order valence-electron chi connectivity index (χ2n) is 9.38. The molecule has 2 aliphatic heterocycles. The highest BCUT2D eigenvalue weighted by Crippen LogP contribution is 2.48. The summed E-state index contributed by atoms with van der Waals surface area (Å²) in [6.45, 7) is 9.96. The fourth-order valence-electron chi connectivity index (χ4n) is 4.49. The lowest BCUT2D eigenvalue weighted by Gasteiger charge is -2.35. The summed E-state index contributed by atoms with van der Waals surface area (Å²) in [5.74, 6) is 1.18. The topological polar surface area (TPSA) is 65.1 Å². The van der Waals surface area contributed by atoms with Crippen molar-refractivity contribution < 1.29 is 23.8 Å². The number of nitrogens with zero attached hydrogens (tertiary/aromatic N) is 1. The van der Waals surface area contributed by atoms with E-state index in [2.05, 4.69) is 13.8 Å². The Balaban J connectivity index is 2.00. The lowest BCUT2D eigenvalue weighted by Crippen LogP contribution is -2.46. The zero-order chi connectivity index (χ0) is 21.3. The van der Waals surface area contributed by atoms with E-state index in [4.69, 9.17) is 14.2 Å². The molecule has 2 saturated heterocycles. The standard InChI is InChI=1S/C23H33NO5/c1-14(2)17-13-18(19-11-12-20(25)28-19)24(22(26)29-23(3,4)5)21(17)15-7-9-16(27-6)10-8-15/h7-10,14,17-19,21H,11-13H2,1-6H3/t17-,18-,19-,21+/m0/s1. The largest absolute Gasteiger partial charge is 0.497 e. The molecule has 2 fully saturated rings. The molecule has 0 saturated carbocycles. The van der Waals surface area contributed by atoms with Crippen molar-refractivity contribution in [1.82, 2.24) is 4.90 Å². The number of likely N-dealkylation sites (tertiary alicyclic amines) is 1. The second-order valence-corrected chi connectivity index (χ2v) is 9.38. The van der Waals surface area contributed by atoms with Gasteiger partial charge in [0.25, 0.3) is 0 Å². The van der Waals surface area contributed by atoms with Crippen LogP contribution in [0.1, 0.15) is 65.5 Å². The molecule has 0 N–H and O–H groups in total. The quantitative estimate of drug-likeness (QED) is 0.681. The molecular weight excluding hydrogens is 370 g/mol. The molecule has 0 bridgehead atoms. The summed E-state index contributed by atoms with van der Waals surface area (Å²) in [6, 6.07) is 7.54. The maximum Gasteiger partial charge on any atom is 0.411 e. The van der Waals surface area contributed by atoms with Gasteiger partial charge in [0, 0.05) is 6.42 Å². The number of amides is 1. The SMILES string of the molecule is COc1ccc([C@@H]2[C@H](C(C)C)C[C@@H]([C@@H]3CCC(=O)O3)N2C(=O)OC(C)(C)C)cc1. The van der Waals surface area contributed by atoms with Gasteiger partial charge in [-0.05, 0) is 63.1 Å². The lowest BCUT2D eigenvalue weighted by molar-refractivity contribution is -0.143. The summed E-state index contributed by atoms with van der Waals surface area (Å²) in [4.78, 5) is 26.9. The minimum Gasteiger partial charge on any atom is -0.497 e. The molecule has 3 rings (SSSR count). The van der Waals surface area contributed by atoms with Crippen LogP contribution in [0.25, 0.3) is 0 Å². The maximum absolute atomic E-state index is 13.3. The van der Waals surface area contributed by atoms with E-state index in [0.717, 1.165) is 17.7 Å². The van der Waals surface area contributed by atoms with Crippen molar-refractivity contribution in [2.45, 2.75) is 77.7 Å². The number of cyclic esters (lactones) is 1. The molecule has 0 aliphatic carbocycles. The zero-order valence-electron chi connectivity index (χ0n) is 18.3. The average molecular weight is 404 g/mol. The van der Waals surface area contributed by atoms with Crippen LogP contribution in [0.2, 0.25) is 0 Å². The van der Waals surface area contributed by atoms with Gasteiger partial charge in [0.2, 0.25) is 0 Å². The van der Waals surface area contributed by atoms with Gasteiger partial charge in [-0.15, -0.1) is 0 Å². The third-order valence-electron chi connectivity index (χ3n) is 5.84. The number of carbonyl (C=O) groups is 2. The first kappa shape index (κ1) is 21.5. The minimum absolute atomic E-state index is 0.139. The molecule has 1 aromatic rings. The van der Waals surface area contributed by atoms with E-state index < -0.39 is 5.60 Å². The monoisotopic (exact) mass is 403 g/mol. The Labute approximate surface area is 173 Å². The van der Waals surface area contributed by atoms with Crippen molar-refractivity contribution >= 4 is 12.1 Å². The van der Waals surface area contributed by atoms with Crippen molar-refractivity contribution in [2.24, 2.45) is 11.8 Å². The van der Waals surface area contributed by atoms with Gasteiger partial charge in [-0.25, -0.2) is 4.79 Å². The average Bonchev–Trinajstić information content (AvgIpc) is 3.24. The number of benzene rings is 1. The van der Waals surface area contributed by atoms with Crippen molar-refractivity contribution in [1.29, 1.82) is 0 Å². The van der Waals surface area contributed by atoms with Gasteiger partial charge in [0.1, 0.15) is 17.5 Å². The highest BCUT2D eigenvalue weighted by atomic mass is 16.6. The van der Waals surface area contributed by atoms with Gasteiger partial charge in [-0.3, -0.25) is 9.69 Å². The maximum atomic E-state index is 13.3. The van der Waals surface area contributed by atoms with Crippen LogP contribution in [-0.2, 0) is 14.3 Å².